The molecule has 0 radical (unpaired) electrons. The molecule has 1 aliphatic rings. The zero-order valence-corrected chi connectivity index (χ0v) is 15.9. The first kappa shape index (κ1) is 18.5. The molecule has 8 heteroatoms. The Labute approximate surface area is 159 Å². The van der Waals surface area contributed by atoms with Crippen LogP contribution in [-0.4, -0.2) is 44.4 Å². The number of aromatic nitrogens is 1. The van der Waals surface area contributed by atoms with Crippen LogP contribution in [0.5, 0.6) is 17.4 Å². The number of nitrogens with zero attached hydrogens (tertiary/aromatic N) is 1. The van der Waals surface area contributed by atoms with E-state index in [9.17, 15) is 4.79 Å². The Morgan fingerprint density at radius 3 is 2.69 bits per heavy atom. The molecule has 0 saturated carbocycles. The molecule has 26 heavy (non-hydrogen) atoms. The van der Waals surface area contributed by atoms with Crippen molar-refractivity contribution in [3.05, 3.63) is 40.5 Å². The van der Waals surface area contributed by atoms with Crippen LogP contribution in [0.3, 0.4) is 0 Å². The lowest BCUT2D eigenvalue weighted by Gasteiger charge is -2.19. The Kier molecular flexibility index (Phi) is 6.30. The van der Waals surface area contributed by atoms with E-state index in [-0.39, 0.29) is 12.3 Å². The first-order valence-electron chi connectivity index (χ1n) is 8.11. The highest BCUT2D eigenvalue weighted by molar-refractivity contribution is 9.10. The number of amides is 1. The standard InChI is InChI=1S/C18H19BrN2O5/c1-23-4-5-26-18-3-2-13(11-20-18)21-17(22)9-12-8-15-16(10-14(12)19)25-7-6-24-15/h2-3,8,10-11H,4-7,9H2,1H3,(H,21,22). The summed E-state index contributed by atoms with van der Waals surface area (Å²) in [5, 5.41) is 2.82. The minimum absolute atomic E-state index is 0.155. The molecule has 0 saturated heterocycles. The number of rotatable bonds is 7. The summed E-state index contributed by atoms with van der Waals surface area (Å²) >= 11 is 3.47. The molecule has 0 fully saturated rings. The zero-order valence-electron chi connectivity index (χ0n) is 14.3. The quantitative estimate of drug-likeness (QED) is 0.691. The summed E-state index contributed by atoms with van der Waals surface area (Å²) in [7, 11) is 1.61. The van der Waals surface area contributed by atoms with E-state index < -0.39 is 0 Å². The molecule has 0 bridgehead atoms. The molecule has 0 unspecified atom stereocenters. The summed E-state index contributed by atoms with van der Waals surface area (Å²) < 4.78 is 22.2. The maximum atomic E-state index is 12.3. The van der Waals surface area contributed by atoms with E-state index >= 15 is 0 Å². The molecule has 1 N–H and O–H groups in total. The van der Waals surface area contributed by atoms with Gasteiger partial charge < -0.3 is 24.3 Å². The molecule has 0 spiro atoms. The van der Waals surface area contributed by atoms with Gasteiger partial charge in [0.1, 0.15) is 19.8 Å². The third kappa shape index (κ3) is 4.86. The SMILES string of the molecule is COCCOc1ccc(NC(=O)Cc2cc3c(cc2Br)OCCO3)cn1. The molecule has 0 atom stereocenters. The predicted molar refractivity (Wildman–Crippen MR) is 99.1 cm³/mol. The first-order chi connectivity index (χ1) is 12.7. The number of methoxy groups -OCH3 is 1. The number of pyridine rings is 1. The number of hydrogen-bond acceptors (Lipinski definition) is 6. The Hall–Kier alpha value is -2.32. The van der Waals surface area contributed by atoms with Crippen molar-refractivity contribution in [3.63, 3.8) is 0 Å². The molecule has 7 nitrogen and oxygen atoms in total. The van der Waals surface area contributed by atoms with Gasteiger partial charge >= 0.3 is 0 Å². The highest BCUT2D eigenvalue weighted by Crippen LogP contribution is 2.35. The molecule has 2 aromatic rings. The van der Waals surface area contributed by atoms with Crippen molar-refractivity contribution in [2.75, 3.05) is 38.9 Å². The number of carbonyl (C=O) groups excluding carboxylic acids is 1. The van der Waals surface area contributed by atoms with Gasteiger partial charge in [-0.3, -0.25) is 4.79 Å². The fourth-order valence-electron chi connectivity index (χ4n) is 2.39. The lowest BCUT2D eigenvalue weighted by Crippen LogP contribution is -2.17. The van der Waals surface area contributed by atoms with E-state index in [1.54, 1.807) is 25.4 Å². The second-order valence-corrected chi connectivity index (χ2v) is 6.39. The largest absolute Gasteiger partial charge is 0.486 e. The van der Waals surface area contributed by atoms with Gasteiger partial charge in [-0.05, 0) is 23.8 Å². The van der Waals surface area contributed by atoms with Crippen LogP contribution in [0.2, 0.25) is 0 Å². The Morgan fingerprint density at radius 2 is 2.00 bits per heavy atom. The monoisotopic (exact) mass is 422 g/mol. The normalized spacial score (nSPS) is 12.5. The summed E-state index contributed by atoms with van der Waals surface area (Å²) in [5.74, 6) is 1.66. The highest BCUT2D eigenvalue weighted by Gasteiger charge is 2.16. The Balaban J connectivity index is 1.58. The van der Waals surface area contributed by atoms with Crippen molar-refractivity contribution in [2.24, 2.45) is 0 Å². The maximum absolute atomic E-state index is 12.3. The van der Waals surface area contributed by atoms with Gasteiger partial charge in [0, 0.05) is 17.6 Å². The summed E-state index contributed by atoms with van der Waals surface area (Å²) in [6.07, 6.45) is 1.75. The van der Waals surface area contributed by atoms with Gasteiger partial charge in [0.15, 0.2) is 11.5 Å². The van der Waals surface area contributed by atoms with Crippen molar-refractivity contribution in [2.45, 2.75) is 6.42 Å². The lowest BCUT2D eigenvalue weighted by atomic mass is 10.1. The average Bonchev–Trinajstić information content (AvgIpc) is 2.64. The van der Waals surface area contributed by atoms with Crippen molar-refractivity contribution < 1.29 is 23.7 Å². The molecule has 1 aliphatic heterocycles. The number of benzene rings is 1. The third-order valence-corrected chi connectivity index (χ3v) is 4.36. The summed E-state index contributed by atoms with van der Waals surface area (Å²) in [4.78, 5) is 16.5. The van der Waals surface area contributed by atoms with Gasteiger partial charge in [0.05, 0.1) is 24.9 Å². The average molecular weight is 423 g/mol. The van der Waals surface area contributed by atoms with E-state index in [0.29, 0.717) is 49.5 Å². The van der Waals surface area contributed by atoms with Gasteiger partial charge in [-0.15, -0.1) is 0 Å². The number of carbonyl (C=O) groups is 1. The van der Waals surface area contributed by atoms with Crippen molar-refractivity contribution in [3.8, 4) is 17.4 Å². The van der Waals surface area contributed by atoms with Crippen LogP contribution >= 0.6 is 15.9 Å². The smallest absolute Gasteiger partial charge is 0.228 e. The van der Waals surface area contributed by atoms with Crippen LogP contribution in [0.1, 0.15) is 5.56 Å². The van der Waals surface area contributed by atoms with E-state index in [0.717, 1.165) is 10.0 Å². The van der Waals surface area contributed by atoms with Gasteiger partial charge in [-0.25, -0.2) is 4.98 Å². The number of ether oxygens (including phenoxy) is 4. The second-order valence-electron chi connectivity index (χ2n) is 5.54. The van der Waals surface area contributed by atoms with Crippen molar-refractivity contribution in [1.82, 2.24) is 4.98 Å². The summed E-state index contributed by atoms with van der Waals surface area (Å²) in [6, 6.07) is 7.09. The van der Waals surface area contributed by atoms with Crippen LogP contribution in [-0.2, 0) is 16.0 Å². The summed E-state index contributed by atoms with van der Waals surface area (Å²) in [6.45, 7) is 1.94. The highest BCUT2D eigenvalue weighted by atomic mass is 79.9. The fraction of sp³-hybridized carbons (Fsp3) is 0.333. The number of anilines is 1. The number of hydrogen-bond donors (Lipinski definition) is 1. The van der Waals surface area contributed by atoms with Gasteiger partial charge in [0.2, 0.25) is 11.8 Å². The number of halogens is 1. The van der Waals surface area contributed by atoms with E-state index in [2.05, 4.69) is 26.2 Å². The minimum atomic E-state index is -0.155. The summed E-state index contributed by atoms with van der Waals surface area (Å²) in [5.41, 5.74) is 1.42. The van der Waals surface area contributed by atoms with Gasteiger partial charge in [-0.2, -0.15) is 0 Å². The molecule has 2 heterocycles. The molecule has 0 aliphatic carbocycles. The van der Waals surface area contributed by atoms with Crippen LogP contribution in [0.15, 0.2) is 34.9 Å². The molecule has 1 aromatic carbocycles. The molecule has 1 amide bonds. The molecule has 138 valence electrons. The van der Waals surface area contributed by atoms with E-state index in [1.165, 1.54) is 0 Å². The maximum Gasteiger partial charge on any atom is 0.228 e. The number of nitrogens with one attached hydrogen (secondary N) is 1. The Morgan fingerprint density at radius 1 is 1.23 bits per heavy atom. The minimum Gasteiger partial charge on any atom is -0.486 e. The van der Waals surface area contributed by atoms with Crippen LogP contribution in [0.25, 0.3) is 0 Å². The Bertz CT molecular complexity index is 767. The van der Waals surface area contributed by atoms with Crippen molar-refractivity contribution in [1.29, 1.82) is 0 Å². The predicted octanol–water partition coefficient (Wildman–Crippen LogP) is 2.82. The van der Waals surface area contributed by atoms with Gasteiger partial charge in [-0.1, -0.05) is 15.9 Å². The first-order valence-corrected chi connectivity index (χ1v) is 8.90. The van der Waals surface area contributed by atoms with E-state index in [4.69, 9.17) is 18.9 Å². The molecular weight excluding hydrogens is 404 g/mol. The molecule has 3 rings (SSSR count). The van der Waals surface area contributed by atoms with Crippen LogP contribution < -0.4 is 19.5 Å². The van der Waals surface area contributed by atoms with E-state index in [1.807, 2.05) is 12.1 Å². The zero-order chi connectivity index (χ0) is 18.4. The topological polar surface area (TPSA) is 78.9 Å². The van der Waals surface area contributed by atoms with Crippen molar-refractivity contribution >= 4 is 27.5 Å². The fourth-order valence-corrected chi connectivity index (χ4v) is 2.85. The molecular formula is C18H19BrN2O5. The lowest BCUT2D eigenvalue weighted by molar-refractivity contribution is -0.115. The van der Waals surface area contributed by atoms with Crippen LogP contribution in [0, 0.1) is 0 Å². The van der Waals surface area contributed by atoms with Gasteiger partial charge in [0.25, 0.3) is 0 Å². The molecule has 1 aromatic heterocycles. The third-order valence-electron chi connectivity index (χ3n) is 3.62. The second kappa shape index (κ2) is 8.86. The van der Waals surface area contributed by atoms with Crippen LogP contribution in [0.4, 0.5) is 5.69 Å². The number of fused-ring (bicyclic) bond motifs is 1.